The van der Waals surface area contributed by atoms with Gasteiger partial charge in [-0.25, -0.2) is 0 Å². The van der Waals surface area contributed by atoms with Crippen molar-refractivity contribution in [2.75, 3.05) is 25.2 Å². The lowest BCUT2D eigenvalue weighted by molar-refractivity contribution is -0.120. The van der Waals surface area contributed by atoms with Gasteiger partial charge >= 0.3 is 0 Å². The largest absolute Gasteiger partial charge is 0.356 e. The molecule has 0 fully saturated rings. The van der Waals surface area contributed by atoms with Crippen LogP contribution in [0.25, 0.3) is 0 Å². The van der Waals surface area contributed by atoms with Crippen molar-refractivity contribution in [1.29, 1.82) is 0 Å². The van der Waals surface area contributed by atoms with Gasteiger partial charge in [0.1, 0.15) is 0 Å². The molecule has 3 nitrogen and oxygen atoms in total. The number of amides is 1. The zero-order valence-corrected chi connectivity index (χ0v) is 7.96. The molecule has 0 bridgehead atoms. The monoisotopic (exact) mass is 176 g/mol. The second-order valence-corrected chi connectivity index (χ2v) is 3.21. The lowest BCUT2D eigenvalue weighted by Crippen LogP contribution is -2.23. The standard InChI is InChI=1S/C7H16N2OS/c1-3-9-7(10)4-5-11-6-8-2/h8H,3-6H2,1-2H3,(H,9,10). The Morgan fingerprint density at radius 3 is 2.82 bits per heavy atom. The number of carbonyl (C=O) groups excluding carboxylic acids is 1. The molecule has 66 valence electrons. The summed E-state index contributed by atoms with van der Waals surface area (Å²) in [5.74, 6) is 1.96. The molecule has 0 spiro atoms. The summed E-state index contributed by atoms with van der Waals surface area (Å²) in [5, 5.41) is 5.75. The van der Waals surface area contributed by atoms with E-state index in [1.807, 2.05) is 14.0 Å². The normalized spacial score (nSPS) is 9.64. The van der Waals surface area contributed by atoms with Crippen LogP contribution in [0.2, 0.25) is 0 Å². The molecular weight excluding hydrogens is 160 g/mol. The molecule has 0 radical (unpaired) electrons. The lowest BCUT2D eigenvalue weighted by Gasteiger charge is -2.01. The van der Waals surface area contributed by atoms with Crippen LogP contribution in [0.15, 0.2) is 0 Å². The number of thioether (sulfide) groups is 1. The van der Waals surface area contributed by atoms with Crippen LogP contribution in [-0.2, 0) is 4.79 Å². The minimum atomic E-state index is 0.149. The molecule has 0 atom stereocenters. The highest BCUT2D eigenvalue weighted by Gasteiger charge is 1.97. The zero-order valence-electron chi connectivity index (χ0n) is 7.14. The molecule has 0 saturated heterocycles. The quantitative estimate of drug-likeness (QED) is 0.455. The predicted molar refractivity (Wildman–Crippen MR) is 49.7 cm³/mol. The Morgan fingerprint density at radius 2 is 2.27 bits per heavy atom. The van der Waals surface area contributed by atoms with E-state index in [0.29, 0.717) is 6.42 Å². The van der Waals surface area contributed by atoms with Crippen LogP contribution < -0.4 is 10.6 Å². The first-order chi connectivity index (χ1) is 5.31. The van der Waals surface area contributed by atoms with Crippen LogP contribution >= 0.6 is 11.8 Å². The van der Waals surface area contributed by atoms with Crippen molar-refractivity contribution in [1.82, 2.24) is 10.6 Å². The van der Waals surface area contributed by atoms with Crippen LogP contribution in [0.4, 0.5) is 0 Å². The summed E-state index contributed by atoms with van der Waals surface area (Å²) < 4.78 is 0. The maximum absolute atomic E-state index is 10.9. The minimum absolute atomic E-state index is 0.149. The summed E-state index contributed by atoms with van der Waals surface area (Å²) in [6.07, 6.45) is 0.625. The molecule has 11 heavy (non-hydrogen) atoms. The van der Waals surface area contributed by atoms with Crippen LogP contribution in [0.5, 0.6) is 0 Å². The van der Waals surface area contributed by atoms with Gasteiger partial charge in [-0.1, -0.05) is 0 Å². The van der Waals surface area contributed by atoms with E-state index < -0.39 is 0 Å². The molecule has 0 aliphatic carbocycles. The van der Waals surface area contributed by atoms with E-state index in [9.17, 15) is 4.79 Å². The van der Waals surface area contributed by atoms with E-state index in [0.717, 1.165) is 18.2 Å². The van der Waals surface area contributed by atoms with Crippen LogP contribution in [0.3, 0.4) is 0 Å². The first-order valence-electron chi connectivity index (χ1n) is 3.80. The van der Waals surface area contributed by atoms with E-state index in [2.05, 4.69) is 10.6 Å². The average molecular weight is 176 g/mol. The minimum Gasteiger partial charge on any atom is -0.356 e. The molecule has 0 aromatic heterocycles. The first-order valence-corrected chi connectivity index (χ1v) is 4.95. The summed E-state index contributed by atoms with van der Waals surface area (Å²) in [7, 11) is 1.90. The average Bonchev–Trinajstić information content (AvgIpc) is 1.99. The molecule has 2 N–H and O–H groups in total. The van der Waals surface area contributed by atoms with Gasteiger partial charge in [-0.3, -0.25) is 4.79 Å². The molecule has 0 saturated carbocycles. The van der Waals surface area contributed by atoms with Gasteiger partial charge in [0.2, 0.25) is 5.91 Å². The Balaban J connectivity index is 3.04. The van der Waals surface area contributed by atoms with Crippen LogP contribution in [0.1, 0.15) is 13.3 Å². The topological polar surface area (TPSA) is 41.1 Å². The number of rotatable bonds is 6. The molecule has 4 heteroatoms. The molecule has 0 unspecified atom stereocenters. The van der Waals surface area contributed by atoms with Crippen molar-refractivity contribution in [3.8, 4) is 0 Å². The van der Waals surface area contributed by atoms with Gasteiger partial charge in [0.05, 0.1) is 0 Å². The van der Waals surface area contributed by atoms with Crippen molar-refractivity contribution in [3.63, 3.8) is 0 Å². The highest BCUT2D eigenvalue weighted by molar-refractivity contribution is 7.99. The fourth-order valence-corrected chi connectivity index (χ4v) is 1.30. The van der Waals surface area contributed by atoms with Crippen LogP contribution in [-0.4, -0.2) is 31.1 Å². The molecular formula is C7H16N2OS. The number of hydrogen-bond donors (Lipinski definition) is 2. The van der Waals surface area contributed by atoms with Gasteiger partial charge in [-0.05, 0) is 14.0 Å². The maximum Gasteiger partial charge on any atom is 0.220 e. The van der Waals surface area contributed by atoms with Gasteiger partial charge in [-0.15, -0.1) is 11.8 Å². The second-order valence-electron chi connectivity index (χ2n) is 2.11. The summed E-state index contributed by atoms with van der Waals surface area (Å²) in [5.41, 5.74) is 0. The molecule has 0 aromatic rings. The highest BCUT2D eigenvalue weighted by Crippen LogP contribution is 1.98. The van der Waals surface area contributed by atoms with Crippen LogP contribution in [0, 0.1) is 0 Å². The number of nitrogens with one attached hydrogen (secondary N) is 2. The van der Waals surface area contributed by atoms with E-state index in [1.165, 1.54) is 0 Å². The summed E-state index contributed by atoms with van der Waals surface area (Å²) in [6, 6.07) is 0. The third-order valence-electron chi connectivity index (χ3n) is 1.09. The number of hydrogen-bond acceptors (Lipinski definition) is 3. The smallest absolute Gasteiger partial charge is 0.220 e. The SMILES string of the molecule is CCNC(=O)CCSCNC. The van der Waals surface area contributed by atoms with Gasteiger partial charge < -0.3 is 10.6 Å². The Kier molecular flexibility index (Phi) is 7.72. The molecule has 0 aliphatic rings. The summed E-state index contributed by atoms with van der Waals surface area (Å²) >= 11 is 1.74. The Morgan fingerprint density at radius 1 is 1.55 bits per heavy atom. The Labute approximate surface area is 72.3 Å². The molecule has 0 aromatic carbocycles. The molecule has 0 rings (SSSR count). The maximum atomic E-state index is 10.9. The van der Waals surface area contributed by atoms with E-state index in [4.69, 9.17) is 0 Å². The fourth-order valence-electron chi connectivity index (χ4n) is 0.625. The van der Waals surface area contributed by atoms with Crippen molar-refractivity contribution in [2.24, 2.45) is 0 Å². The first kappa shape index (κ1) is 10.8. The third kappa shape index (κ3) is 7.68. The highest BCUT2D eigenvalue weighted by atomic mass is 32.2. The van der Waals surface area contributed by atoms with E-state index >= 15 is 0 Å². The van der Waals surface area contributed by atoms with E-state index in [1.54, 1.807) is 11.8 Å². The van der Waals surface area contributed by atoms with Gasteiger partial charge in [0.15, 0.2) is 0 Å². The molecule has 1 amide bonds. The van der Waals surface area contributed by atoms with Crippen molar-refractivity contribution in [3.05, 3.63) is 0 Å². The zero-order chi connectivity index (χ0) is 8.53. The lowest BCUT2D eigenvalue weighted by atomic mass is 10.4. The van der Waals surface area contributed by atoms with E-state index in [-0.39, 0.29) is 5.91 Å². The van der Waals surface area contributed by atoms with Crippen molar-refractivity contribution in [2.45, 2.75) is 13.3 Å². The second kappa shape index (κ2) is 7.88. The Bertz CT molecular complexity index is 109. The summed E-state index contributed by atoms with van der Waals surface area (Å²) in [6.45, 7) is 2.66. The number of carbonyl (C=O) groups is 1. The van der Waals surface area contributed by atoms with Crippen molar-refractivity contribution >= 4 is 17.7 Å². The van der Waals surface area contributed by atoms with Gasteiger partial charge in [0, 0.05) is 24.6 Å². The van der Waals surface area contributed by atoms with Gasteiger partial charge in [0.25, 0.3) is 0 Å². The fraction of sp³-hybridized carbons (Fsp3) is 0.857. The van der Waals surface area contributed by atoms with Crippen molar-refractivity contribution < 1.29 is 4.79 Å². The summed E-state index contributed by atoms with van der Waals surface area (Å²) in [4.78, 5) is 10.9. The molecule has 0 aliphatic heterocycles. The molecule has 0 heterocycles. The third-order valence-corrected chi connectivity index (χ3v) is 2.08. The van der Waals surface area contributed by atoms with Gasteiger partial charge in [-0.2, -0.15) is 0 Å². The Hall–Kier alpha value is -0.220. The predicted octanol–water partition coefficient (Wildman–Crippen LogP) is 0.423.